The first-order valence-electron chi connectivity index (χ1n) is 10.6. The van der Waals surface area contributed by atoms with Crippen molar-refractivity contribution in [2.45, 2.75) is 6.54 Å². The SMILES string of the molecule is COc1cc(Nc2ncnc(-n3c(NCc4nccs4)nc4ccccc43)n2)cc(OC)c1OC. The molecule has 0 bridgehead atoms. The van der Waals surface area contributed by atoms with Gasteiger partial charge in [0.15, 0.2) is 11.5 Å². The minimum atomic E-state index is 0.341. The Morgan fingerprint density at radius 2 is 1.74 bits per heavy atom. The molecule has 0 aliphatic carbocycles. The molecule has 0 amide bonds. The van der Waals surface area contributed by atoms with Gasteiger partial charge >= 0.3 is 0 Å². The minimum Gasteiger partial charge on any atom is -0.493 e. The normalized spacial score (nSPS) is 10.8. The lowest BCUT2D eigenvalue weighted by Crippen LogP contribution is -2.10. The van der Waals surface area contributed by atoms with E-state index in [0.717, 1.165) is 16.0 Å². The Labute approximate surface area is 204 Å². The number of hydrogen-bond acceptors (Lipinski definition) is 11. The zero-order valence-electron chi connectivity index (χ0n) is 19.2. The van der Waals surface area contributed by atoms with Gasteiger partial charge in [0.2, 0.25) is 23.6 Å². The summed E-state index contributed by atoms with van der Waals surface area (Å²) in [7, 11) is 4.68. The van der Waals surface area contributed by atoms with Gasteiger partial charge in [0.25, 0.3) is 0 Å². The van der Waals surface area contributed by atoms with E-state index in [-0.39, 0.29) is 0 Å². The Morgan fingerprint density at radius 3 is 2.46 bits per heavy atom. The fourth-order valence-electron chi connectivity index (χ4n) is 3.58. The van der Waals surface area contributed by atoms with Gasteiger partial charge in [0.05, 0.1) is 38.9 Å². The number of aromatic nitrogens is 6. The van der Waals surface area contributed by atoms with Crippen molar-refractivity contribution in [2.24, 2.45) is 0 Å². The number of benzene rings is 2. The number of hydrogen-bond donors (Lipinski definition) is 2. The molecule has 3 heterocycles. The van der Waals surface area contributed by atoms with Crippen LogP contribution in [0.2, 0.25) is 0 Å². The highest BCUT2D eigenvalue weighted by Gasteiger charge is 2.17. The maximum absolute atomic E-state index is 5.44. The average molecular weight is 491 g/mol. The summed E-state index contributed by atoms with van der Waals surface area (Å²) in [6.07, 6.45) is 3.22. The smallest absolute Gasteiger partial charge is 0.241 e. The monoisotopic (exact) mass is 490 g/mol. The summed E-state index contributed by atoms with van der Waals surface area (Å²) < 4.78 is 18.1. The number of ether oxygens (including phenoxy) is 3. The number of anilines is 3. The van der Waals surface area contributed by atoms with E-state index in [2.05, 4.69) is 30.6 Å². The van der Waals surface area contributed by atoms with Crippen molar-refractivity contribution in [2.75, 3.05) is 32.0 Å². The molecule has 0 atom stereocenters. The second-order valence-electron chi connectivity index (χ2n) is 7.19. The predicted molar refractivity (Wildman–Crippen MR) is 133 cm³/mol. The highest BCUT2D eigenvalue weighted by atomic mass is 32.1. The molecule has 0 unspecified atom stereocenters. The molecule has 5 aromatic rings. The third-order valence-electron chi connectivity index (χ3n) is 5.12. The van der Waals surface area contributed by atoms with E-state index in [1.165, 1.54) is 6.33 Å². The highest BCUT2D eigenvalue weighted by Crippen LogP contribution is 2.40. The molecule has 35 heavy (non-hydrogen) atoms. The van der Waals surface area contributed by atoms with Crippen LogP contribution in [-0.4, -0.2) is 50.8 Å². The molecule has 0 aliphatic rings. The Kier molecular flexibility index (Phi) is 6.26. The van der Waals surface area contributed by atoms with E-state index < -0.39 is 0 Å². The number of nitrogens with zero attached hydrogens (tertiary/aromatic N) is 6. The van der Waals surface area contributed by atoms with Crippen molar-refractivity contribution in [1.82, 2.24) is 29.5 Å². The molecule has 0 saturated carbocycles. The van der Waals surface area contributed by atoms with Crippen LogP contribution >= 0.6 is 11.3 Å². The molecule has 2 N–H and O–H groups in total. The van der Waals surface area contributed by atoms with Crippen LogP contribution in [-0.2, 0) is 6.54 Å². The van der Waals surface area contributed by atoms with Gasteiger partial charge in [-0.1, -0.05) is 12.1 Å². The van der Waals surface area contributed by atoms with E-state index in [4.69, 9.17) is 19.2 Å². The van der Waals surface area contributed by atoms with Gasteiger partial charge in [0.1, 0.15) is 11.3 Å². The molecule has 178 valence electrons. The summed E-state index contributed by atoms with van der Waals surface area (Å²) >= 11 is 1.57. The van der Waals surface area contributed by atoms with Crippen LogP contribution in [0.1, 0.15) is 5.01 Å². The molecular weight excluding hydrogens is 468 g/mol. The van der Waals surface area contributed by atoms with Gasteiger partial charge in [-0.25, -0.2) is 24.5 Å². The van der Waals surface area contributed by atoms with Crippen LogP contribution in [0.3, 0.4) is 0 Å². The Morgan fingerprint density at radius 1 is 0.943 bits per heavy atom. The lowest BCUT2D eigenvalue weighted by Gasteiger charge is -2.15. The summed E-state index contributed by atoms with van der Waals surface area (Å²) in [4.78, 5) is 22.4. The Hall–Kier alpha value is -4.45. The molecule has 0 radical (unpaired) electrons. The summed E-state index contributed by atoms with van der Waals surface area (Å²) in [5.41, 5.74) is 2.34. The van der Waals surface area contributed by atoms with Crippen molar-refractivity contribution in [3.8, 4) is 23.2 Å². The maximum atomic E-state index is 5.44. The van der Waals surface area contributed by atoms with Crippen molar-refractivity contribution in [3.05, 3.63) is 59.3 Å². The molecule has 3 aromatic heterocycles. The van der Waals surface area contributed by atoms with Crippen LogP contribution in [0.25, 0.3) is 17.0 Å². The maximum Gasteiger partial charge on any atom is 0.241 e. The topological polar surface area (TPSA) is 121 Å². The molecule has 12 heteroatoms. The van der Waals surface area contributed by atoms with Crippen molar-refractivity contribution >= 4 is 40.0 Å². The lowest BCUT2D eigenvalue weighted by atomic mass is 10.2. The number of fused-ring (bicyclic) bond motifs is 1. The second kappa shape index (κ2) is 9.81. The molecule has 0 fully saturated rings. The second-order valence-corrected chi connectivity index (χ2v) is 8.17. The Balaban J connectivity index is 1.50. The molecule has 5 rings (SSSR count). The number of thiazole rings is 1. The fourth-order valence-corrected chi connectivity index (χ4v) is 4.14. The van der Waals surface area contributed by atoms with Gasteiger partial charge < -0.3 is 24.8 Å². The number of imidazole rings is 1. The summed E-state index contributed by atoms with van der Waals surface area (Å²) in [6.45, 7) is 0.530. The standard InChI is InChI=1S/C23H22N8O3S/c1-32-17-10-14(11-18(33-2)20(17)34-3)28-21-26-13-27-23(30-21)31-16-7-5-4-6-15(16)29-22(31)25-12-19-24-8-9-35-19/h4-11,13H,12H2,1-3H3,(H,25,29)(H,26,27,28,30). The summed E-state index contributed by atoms with van der Waals surface area (Å²) in [5.74, 6) is 2.87. The van der Waals surface area contributed by atoms with Crippen LogP contribution < -0.4 is 24.8 Å². The van der Waals surface area contributed by atoms with Gasteiger partial charge in [0, 0.05) is 29.4 Å². The largest absolute Gasteiger partial charge is 0.493 e. The number of para-hydroxylation sites is 2. The molecule has 0 spiro atoms. The summed E-state index contributed by atoms with van der Waals surface area (Å²) in [6, 6.07) is 11.3. The molecule has 0 saturated heterocycles. The lowest BCUT2D eigenvalue weighted by molar-refractivity contribution is 0.324. The van der Waals surface area contributed by atoms with Crippen molar-refractivity contribution in [1.29, 1.82) is 0 Å². The first-order chi connectivity index (χ1) is 17.2. The van der Waals surface area contributed by atoms with E-state index in [1.807, 2.05) is 34.2 Å². The summed E-state index contributed by atoms with van der Waals surface area (Å²) in [5, 5.41) is 9.42. The van der Waals surface area contributed by atoms with Gasteiger partial charge in [-0.15, -0.1) is 11.3 Å². The quantitative estimate of drug-likeness (QED) is 0.313. The molecule has 11 nitrogen and oxygen atoms in total. The highest BCUT2D eigenvalue weighted by molar-refractivity contribution is 7.09. The molecular formula is C23H22N8O3S. The fraction of sp³-hybridized carbons (Fsp3) is 0.174. The zero-order chi connectivity index (χ0) is 24.2. The third kappa shape index (κ3) is 4.51. The predicted octanol–water partition coefficient (Wildman–Crippen LogP) is 4.05. The van der Waals surface area contributed by atoms with Crippen LogP contribution in [0.15, 0.2) is 54.3 Å². The van der Waals surface area contributed by atoms with E-state index >= 15 is 0 Å². The van der Waals surface area contributed by atoms with Crippen molar-refractivity contribution < 1.29 is 14.2 Å². The molecule has 0 aliphatic heterocycles. The van der Waals surface area contributed by atoms with Gasteiger partial charge in [-0.2, -0.15) is 4.98 Å². The minimum absolute atomic E-state index is 0.341. The average Bonchev–Trinajstić information content (AvgIpc) is 3.54. The van der Waals surface area contributed by atoms with Crippen LogP contribution in [0, 0.1) is 0 Å². The molecule has 2 aromatic carbocycles. The number of methoxy groups -OCH3 is 3. The van der Waals surface area contributed by atoms with Gasteiger partial charge in [-0.05, 0) is 12.1 Å². The van der Waals surface area contributed by atoms with Crippen molar-refractivity contribution in [3.63, 3.8) is 0 Å². The van der Waals surface area contributed by atoms with Crippen LogP contribution in [0.4, 0.5) is 17.6 Å². The van der Waals surface area contributed by atoms with E-state index in [9.17, 15) is 0 Å². The Bertz CT molecular complexity index is 1430. The first kappa shape index (κ1) is 22.3. The van der Waals surface area contributed by atoms with E-state index in [0.29, 0.717) is 47.3 Å². The third-order valence-corrected chi connectivity index (χ3v) is 5.90. The zero-order valence-corrected chi connectivity index (χ0v) is 20.0. The number of nitrogens with one attached hydrogen (secondary N) is 2. The first-order valence-corrected chi connectivity index (χ1v) is 11.4. The number of rotatable bonds is 9. The van der Waals surface area contributed by atoms with E-state index in [1.54, 1.807) is 51.0 Å². The van der Waals surface area contributed by atoms with Gasteiger partial charge in [-0.3, -0.25) is 0 Å². The van der Waals surface area contributed by atoms with Crippen LogP contribution in [0.5, 0.6) is 17.2 Å².